The Morgan fingerprint density at radius 3 is 0.975 bits per heavy atom. The number of amides is 2. The number of nitrogens with zero attached hydrogens (tertiary/aromatic N) is 17. The van der Waals surface area contributed by atoms with Gasteiger partial charge in [0.25, 0.3) is 11.8 Å². The van der Waals surface area contributed by atoms with Crippen LogP contribution in [0, 0.1) is 40.4 Å². The Balaban J connectivity index is 0.000000136. The highest BCUT2D eigenvalue weighted by molar-refractivity contribution is 6.30. The average Bonchev–Trinajstić information content (AvgIpc) is 0.961. The van der Waals surface area contributed by atoms with E-state index in [-0.39, 0.29) is 34.3 Å². The molecular weight excluding hydrogens is 1530 g/mol. The number of carbonyl (C=O) groups is 2. The van der Waals surface area contributed by atoms with Crippen LogP contribution in [0.1, 0.15) is 282 Å². The highest BCUT2D eigenvalue weighted by atomic mass is 35.5. The second-order valence-electron chi connectivity index (χ2n) is 36.5. The van der Waals surface area contributed by atoms with Gasteiger partial charge in [-0.2, -0.15) is 10.5 Å². The lowest BCUT2D eigenvalue weighted by Crippen LogP contribution is -2.50. The molecule has 10 fully saturated rings. The van der Waals surface area contributed by atoms with Crippen LogP contribution in [-0.2, 0) is 0 Å². The van der Waals surface area contributed by atoms with Crippen LogP contribution in [0.4, 0.5) is 57.8 Å². The van der Waals surface area contributed by atoms with Crippen LogP contribution in [-0.4, -0.2) is 180 Å². The molecule has 2 amide bonds. The zero-order valence-electron chi connectivity index (χ0n) is 72.8. The third-order valence-electron chi connectivity index (χ3n) is 29.1. The molecule has 11 heterocycles. The van der Waals surface area contributed by atoms with Gasteiger partial charge in [0.05, 0.1) is 24.8 Å². The number of primary amides is 2. The van der Waals surface area contributed by atoms with E-state index >= 15 is 0 Å². The van der Waals surface area contributed by atoms with Gasteiger partial charge in [-0.1, -0.05) is 107 Å². The van der Waals surface area contributed by atoms with E-state index in [1.54, 1.807) is 24.8 Å². The monoisotopic (exact) mass is 1660 g/mol. The first kappa shape index (κ1) is 88.0. The van der Waals surface area contributed by atoms with Crippen LogP contribution >= 0.6 is 11.6 Å². The molecule has 10 aliphatic rings. The molecule has 26 heteroatoms. The van der Waals surface area contributed by atoms with Crippen molar-refractivity contribution in [2.24, 2.45) is 35.0 Å². The highest BCUT2D eigenvalue weighted by Gasteiger charge is 2.35. The van der Waals surface area contributed by atoms with E-state index in [0.29, 0.717) is 82.6 Å². The van der Waals surface area contributed by atoms with Crippen molar-refractivity contribution >= 4 is 81.2 Å². The minimum absolute atomic E-state index is 0.0929. The third-order valence-corrected chi connectivity index (χ3v) is 29.3. The van der Waals surface area contributed by atoms with E-state index in [9.17, 15) is 14.9 Å². The van der Waals surface area contributed by atoms with E-state index in [1.807, 2.05) is 6.07 Å². The summed E-state index contributed by atoms with van der Waals surface area (Å²) in [4.78, 5) is 77.1. The first-order chi connectivity index (χ1) is 58.7. The van der Waals surface area contributed by atoms with Gasteiger partial charge >= 0.3 is 0 Å². The zero-order valence-corrected chi connectivity index (χ0v) is 73.6. The van der Waals surface area contributed by atoms with Crippen molar-refractivity contribution in [1.29, 1.82) is 10.5 Å². The fraction of sp³-hybridized carbons (Fsp3) is 0.600. The SMILES string of the molecule is C[C@@H]1CCCN(c2cnc(C#N)c(Cl)n2)[C@@H]1C.C[C@@H]1CCCN(c2cnc(C#N)c(Nc3ccc(C4CCN(C5CCCC5)CC4)cc3)n2)[C@@H]1C.C[C@@H]1CCCN(c2cnc(C(N)=O)c(Nc3ccc(C4CCN(C5CCCC5)CC4)cc3)n2)[C@@H]1C.C[C@@H]1[C@H](N)CCCN1c1cnc(C(N)=O)c(Nc2ccc(C3CCN(C4CCCC4)CC3)cc2)n1. The van der Waals surface area contributed by atoms with Crippen molar-refractivity contribution in [1.82, 2.24) is 54.6 Å². The molecule has 0 bridgehead atoms. The summed E-state index contributed by atoms with van der Waals surface area (Å²) in [6.45, 7) is 26.7. The Labute approximate surface area is 723 Å². The minimum Gasteiger partial charge on any atom is -0.364 e. The maximum atomic E-state index is 12.1. The van der Waals surface area contributed by atoms with E-state index in [4.69, 9.17) is 49.0 Å². The summed E-state index contributed by atoms with van der Waals surface area (Å²) in [5.41, 5.74) is 25.3. The fourth-order valence-corrected chi connectivity index (χ4v) is 21.0. The number of piperidine rings is 7. The average molecular weight is 1660 g/mol. The predicted molar refractivity (Wildman–Crippen MR) is 486 cm³/mol. The lowest BCUT2D eigenvalue weighted by atomic mass is 9.88. The van der Waals surface area contributed by atoms with Crippen molar-refractivity contribution in [3.05, 3.63) is 142 Å². The quantitative estimate of drug-likeness (QED) is 0.0465. The Hall–Kier alpha value is -9.37. The molecule has 3 aromatic carbocycles. The number of nitriles is 2. The molecule has 3 aliphatic carbocycles. The Morgan fingerprint density at radius 2 is 0.653 bits per heavy atom. The number of nitrogens with two attached hydrogens (primary N) is 3. The minimum atomic E-state index is -0.597. The lowest BCUT2D eigenvalue weighted by molar-refractivity contribution is 0.0987. The number of rotatable bonds is 18. The summed E-state index contributed by atoms with van der Waals surface area (Å²) >= 11 is 5.91. The molecule has 3 saturated carbocycles. The Kier molecular flexibility index (Phi) is 30.3. The van der Waals surface area contributed by atoms with Crippen molar-refractivity contribution in [3.8, 4) is 12.1 Å². The number of halogens is 1. The van der Waals surface area contributed by atoms with Gasteiger partial charge in [-0.25, -0.2) is 39.9 Å². The molecule has 7 saturated heterocycles. The summed E-state index contributed by atoms with van der Waals surface area (Å²) in [5, 5.41) is 28.5. The Bertz CT molecular complexity index is 4450. The molecule has 4 aromatic heterocycles. The van der Waals surface area contributed by atoms with Crippen molar-refractivity contribution in [2.45, 2.75) is 281 Å². The molecule has 7 aromatic rings. The summed E-state index contributed by atoms with van der Waals surface area (Å²) < 4.78 is 0. The van der Waals surface area contributed by atoms with E-state index in [1.165, 1.54) is 191 Å². The molecule has 25 nitrogen and oxygen atoms in total. The second-order valence-corrected chi connectivity index (χ2v) is 36.8. The van der Waals surface area contributed by atoms with Gasteiger partial charge in [0.15, 0.2) is 45.4 Å². The number of carbonyl (C=O) groups excluding carboxylic acids is 2. The molecule has 0 spiro atoms. The van der Waals surface area contributed by atoms with Gasteiger partial charge < -0.3 is 67.5 Å². The number of anilines is 10. The van der Waals surface area contributed by atoms with Crippen LogP contribution in [0.15, 0.2) is 97.6 Å². The van der Waals surface area contributed by atoms with Gasteiger partial charge in [0, 0.05) is 91.6 Å². The molecule has 121 heavy (non-hydrogen) atoms. The number of likely N-dealkylation sites (tertiary alicyclic amines) is 3. The molecule has 17 rings (SSSR count). The van der Waals surface area contributed by atoms with Crippen LogP contribution in [0.25, 0.3) is 0 Å². The topological polar surface area (TPSA) is 322 Å². The first-order valence-corrected chi connectivity index (χ1v) is 46.3. The van der Waals surface area contributed by atoms with Crippen LogP contribution < -0.4 is 52.8 Å². The maximum Gasteiger partial charge on any atom is 0.271 e. The molecule has 8 atom stereocenters. The largest absolute Gasteiger partial charge is 0.364 e. The number of hydrogen-bond acceptors (Lipinski definition) is 23. The highest BCUT2D eigenvalue weighted by Crippen LogP contribution is 2.40. The van der Waals surface area contributed by atoms with Gasteiger partial charge in [0.1, 0.15) is 35.4 Å². The van der Waals surface area contributed by atoms with Gasteiger partial charge in [-0.05, 0) is 284 Å². The molecule has 9 N–H and O–H groups in total. The summed E-state index contributed by atoms with van der Waals surface area (Å²) in [7, 11) is 0. The normalized spacial score (nSPS) is 24.6. The second kappa shape index (κ2) is 41.7. The molecule has 0 radical (unpaired) electrons. The van der Waals surface area contributed by atoms with Crippen molar-refractivity contribution in [3.63, 3.8) is 0 Å². The summed E-state index contributed by atoms with van der Waals surface area (Å²) in [5.74, 6) is 7.05. The number of aromatic nitrogens is 8. The van der Waals surface area contributed by atoms with Gasteiger partial charge in [-0.3, -0.25) is 9.59 Å². The van der Waals surface area contributed by atoms with Gasteiger partial charge in [-0.15, -0.1) is 0 Å². The lowest BCUT2D eigenvalue weighted by Gasteiger charge is -2.38. The van der Waals surface area contributed by atoms with Crippen molar-refractivity contribution in [2.75, 3.05) is 101 Å². The number of nitrogens with one attached hydrogen (secondary N) is 3. The van der Waals surface area contributed by atoms with E-state index < -0.39 is 11.8 Å². The number of benzene rings is 3. The molecule has 0 unspecified atom stereocenters. The van der Waals surface area contributed by atoms with Crippen LogP contribution in [0.5, 0.6) is 0 Å². The fourth-order valence-electron chi connectivity index (χ4n) is 20.8. The maximum absolute atomic E-state index is 12.1. The van der Waals surface area contributed by atoms with Crippen LogP contribution in [0.2, 0.25) is 5.15 Å². The summed E-state index contributed by atoms with van der Waals surface area (Å²) in [6, 6.07) is 34.0. The third kappa shape index (κ3) is 22.0. The standard InChI is InChI=1S/C28H40N6O.C28H38N6.C27H39N7O.C12H15ClN4/c1-19-6-5-15-34(20(19)2)25-18-30-26(27(29)35)28(32-25)31-23-11-9-21(10-12-23)22-13-16-33(17-14-22)24-7-3-4-8-24;1-20-6-5-15-34(21(20)2)27-19-30-26(18-29)28(32-27)31-24-11-9-22(10-12-24)23-13-16-33(17-14-23)25-7-3-4-8-25;1-18-23(28)7-4-14-34(18)24-17-30-25(26(29)35)27(32-24)31-21-10-8-19(9-11-21)20-12-15-33(16-13-20)22-5-2-3-6-22;1-8-4-3-5-17(9(8)2)11-7-15-10(6-14)12(13)16-11/h9-12,18-20,22,24H,3-8,13-17H2,1-2H3,(H2,29,35)(H,31,32);9-12,19-21,23,25H,3-8,13-17H2,1-2H3,(H,31,32);8-11,17-18,20,22-23H,2-7,12-16,28H2,1H3,(H2,29,35)(H,31,32);7-9H,3-5H2,1-2H3/t19-,20-;20-,21-;18-,23-;8-,9-/m1111/s1. The number of hydrogen-bond donors (Lipinski definition) is 6. The van der Waals surface area contributed by atoms with E-state index in [0.717, 1.165) is 111 Å². The van der Waals surface area contributed by atoms with Crippen LogP contribution in [0.3, 0.4) is 0 Å². The van der Waals surface area contributed by atoms with E-state index in [2.05, 4.69) is 203 Å². The predicted octanol–water partition coefficient (Wildman–Crippen LogP) is 17.3. The zero-order chi connectivity index (χ0) is 84.6. The molecule has 7 aliphatic heterocycles. The first-order valence-electron chi connectivity index (χ1n) is 45.9. The molecule has 646 valence electrons. The summed E-state index contributed by atoms with van der Waals surface area (Å²) in [6.07, 6.45) is 40.0. The van der Waals surface area contributed by atoms with Crippen molar-refractivity contribution < 1.29 is 9.59 Å². The molecular formula is C95H132ClN23O2. The Morgan fingerprint density at radius 1 is 0.364 bits per heavy atom. The smallest absolute Gasteiger partial charge is 0.271 e. The van der Waals surface area contributed by atoms with Gasteiger partial charge in [0.2, 0.25) is 0 Å².